The number of thiophene rings is 1. The molecule has 0 bridgehead atoms. The Hall–Kier alpha value is -1.07. The van der Waals surface area contributed by atoms with Crippen LogP contribution in [0, 0.1) is 0 Å². The van der Waals surface area contributed by atoms with Crippen LogP contribution in [-0.4, -0.2) is 36.9 Å². The van der Waals surface area contributed by atoms with Gasteiger partial charge in [0.15, 0.2) is 0 Å². The van der Waals surface area contributed by atoms with E-state index in [1.807, 2.05) is 5.38 Å². The van der Waals surface area contributed by atoms with Crippen molar-refractivity contribution in [2.24, 2.45) is 0 Å². The van der Waals surface area contributed by atoms with Crippen molar-refractivity contribution in [3.63, 3.8) is 0 Å². The zero-order valence-corrected chi connectivity index (χ0v) is 9.29. The highest BCUT2D eigenvalue weighted by atomic mass is 32.1. The number of morpholine rings is 1. The van der Waals surface area contributed by atoms with Crippen LogP contribution in [0.3, 0.4) is 0 Å². The van der Waals surface area contributed by atoms with E-state index in [-0.39, 0.29) is 0 Å². The molecular formula is C10H13NO3S. The van der Waals surface area contributed by atoms with E-state index < -0.39 is 5.97 Å². The molecule has 1 aliphatic heterocycles. The topological polar surface area (TPSA) is 49.8 Å². The maximum atomic E-state index is 10.7. The molecule has 1 aliphatic rings. The molecule has 0 aliphatic carbocycles. The first-order valence-electron chi connectivity index (χ1n) is 4.84. The molecule has 1 saturated heterocycles. The van der Waals surface area contributed by atoms with Crippen LogP contribution in [0.25, 0.3) is 0 Å². The number of hydrogen-bond acceptors (Lipinski definition) is 4. The van der Waals surface area contributed by atoms with Gasteiger partial charge in [0, 0.05) is 23.7 Å². The van der Waals surface area contributed by atoms with E-state index in [9.17, 15) is 4.79 Å². The Labute approximate surface area is 92.1 Å². The Bertz CT molecular complexity index is 363. The first-order valence-corrected chi connectivity index (χ1v) is 5.72. The van der Waals surface area contributed by atoms with Gasteiger partial charge in [-0.1, -0.05) is 0 Å². The molecule has 1 unspecified atom stereocenters. The summed E-state index contributed by atoms with van der Waals surface area (Å²) in [6.45, 7) is 4.33. The smallest absolute Gasteiger partial charge is 0.345 e. The standard InChI is InChI=1S/C10H13NO3S/c1-7-5-14-3-2-11(7)8-4-9(10(12)13)15-6-8/h4,6-7H,2-3,5H2,1H3,(H,12,13). The zero-order valence-electron chi connectivity index (χ0n) is 8.47. The number of ether oxygens (including phenoxy) is 1. The van der Waals surface area contributed by atoms with Crippen molar-refractivity contribution in [2.75, 3.05) is 24.7 Å². The molecule has 0 saturated carbocycles. The van der Waals surface area contributed by atoms with E-state index in [4.69, 9.17) is 9.84 Å². The van der Waals surface area contributed by atoms with Gasteiger partial charge >= 0.3 is 5.97 Å². The van der Waals surface area contributed by atoms with Crippen LogP contribution in [0.5, 0.6) is 0 Å². The molecule has 0 spiro atoms. The molecule has 82 valence electrons. The Balaban J connectivity index is 2.17. The number of nitrogens with zero attached hydrogens (tertiary/aromatic N) is 1. The number of carbonyl (C=O) groups is 1. The molecule has 0 amide bonds. The van der Waals surface area contributed by atoms with Gasteiger partial charge in [-0.3, -0.25) is 0 Å². The van der Waals surface area contributed by atoms with Crippen LogP contribution < -0.4 is 4.90 Å². The molecule has 0 aromatic carbocycles. The van der Waals surface area contributed by atoms with E-state index in [0.29, 0.717) is 24.1 Å². The van der Waals surface area contributed by atoms with Gasteiger partial charge in [0.05, 0.1) is 13.2 Å². The second-order valence-corrected chi connectivity index (χ2v) is 4.50. The second-order valence-electron chi connectivity index (χ2n) is 3.59. The first kappa shape index (κ1) is 10.4. The van der Waals surface area contributed by atoms with Crippen molar-refractivity contribution in [2.45, 2.75) is 13.0 Å². The van der Waals surface area contributed by atoms with Crippen LogP contribution in [0.4, 0.5) is 5.69 Å². The molecule has 0 radical (unpaired) electrons. The minimum atomic E-state index is -0.854. The quantitative estimate of drug-likeness (QED) is 0.835. The lowest BCUT2D eigenvalue weighted by Crippen LogP contribution is -2.43. The van der Waals surface area contributed by atoms with Gasteiger partial charge in [0.1, 0.15) is 4.88 Å². The fourth-order valence-corrected chi connectivity index (χ4v) is 2.44. The Morgan fingerprint density at radius 2 is 2.53 bits per heavy atom. The minimum Gasteiger partial charge on any atom is -0.477 e. The molecule has 1 fully saturated rings. The molecule has 15 heavy (non-hydrogen) atoms. The number of aromatic carboxylic acids is 1. The van der Waals surface area contributed by atoms with E-state index in [1.54, 1.807) is 6.07 Å². The van der Waals surface area contributed by atoms with E-state index >= 15 is 0 Å². The van der Waals surface area contributed by atoms with E-state index in [0.717, 1.165) is 12.2 Å². The molecule has 5 heteroatoms. The Morgan fingerprint density at radius 1 is 1.73 bits per heavy atom. The summed E-state index contributed by atoms with van der Waals surface area (Å²) in [6.07, 6.45) is 0. The third-order valence-electron chi connectivity index (χ3n) is 2.50. The summed E-state index contributed by atoms with van der Waals surface area (Å²) in [6, 6.07) is 2.05. The van der Waals surface area contributed by atoms with Crippen LogP contribution in [-0.2, 0) is 4.74 Å². The lowest BCUT2D eigenvalue weighted by molar-refractivity contribution is 0.0702. The average Bonchev–Trinajstić information content (AvgIpc) is 2.67. The maximum Gasteiger partial charge on any atom is 0.345 e. The van der Waals surface area contributed by atoms with Gasteiger partial charge < -0.3 is 14.7 Å². The lowest BCUT2D eigenvalue weighted by Gasteiger charge is -2.34. The zero-order chi connectivity index (χ0) is 10.8. The van der Waals surface area contributed by atoms with Crippen molar-refractivity contribution in [1.29, 1.82) is 0 Å². The molecular weight excluding hydrogens is 214 g/mol. The number of hydrogen-bond donors (Lipinski definition) is 1. The van der Waals surface area contributed by atoms with Gasteiger partial charge in [-0.05, 0) is 13.0 Å². The van der Waals surface area contributed by atoms with Crippen LogP contribution in [0.2, 0.25) is 0 Å². The van der Waals surface area contributed by atoms with Crippen LogP contribution in [0.1, 0.15) is 16.6 Å². The van der Waals surface area contributed by atoms with Crippen LogP contribution >= 0.6 is 11.3 Å². The Kier molecular flexibility index (Phi) is 2.93. The Morgan fingerprint density at radius 3 is 3.13 bits per heavy atom. The minimum absolute atomic E-state index is 0.315. The molecule has 1 N–H and O–H groups in total. The third-order valence-corrected chi connectivity index (χ3v) is 3.40. The maximum absolute atomic E-state index is 10.7. The van der Waals surface area contributed by atoms with Gasteiger partial charge in [0.2, 0.25) is 0 Å². The number of carboxylic acids is 1. The predicted molar refractivity (Wildman–Crippen MR) is 58.9 cm³/mol. The molecule has 2 rings (SSSR count). The normalized spacial score (nSPS) is 21.7. The molecule has 1 aromatic heterocycles. The SMILES string of the molecule is CC1COCCN1c1csc(C(=O)O)c1. The van der Waals surface area contributed by atoms with Gasteiger partial charge in [-0.2, -0.15) is 0 Å². The van der Waals surface area contributed by atoms with Gasteiger partial charge in [-0.15, -0.1) is 11.3 Å². The summed E-state index contributed by atoms with van der Waals surface area (Å²) in [5.74, 6) is -0.854. The number of rotatable bonds is 2. The fourth-order valence-electron chi connectivity index (χ4n) is 1.70. The van der Waals surface area contributed by atoms with Crippen molar-refractivity contribution in [1.82, 2.24) is 0 Å². The van der Waals surface area contributed by atoms with Gasteiger partial charge in [0.25, 0.3) is 0 Å². The van der Waals surface area contributed by atoms with Crippen molar-refractivity contribution in [3.8, 4) is 0 Å². The molecule has 1 aromatic rings. The van der Waals surface area contributed by atoms with Crippen molar-refractivity contribution >= 4 is 23.0 Å². The molecule has 4 nitrogen and oxygen atoms in total. The number of carboxylic acid groups (broad SMARTS) is 1. The summed E-state index contributed by atoms with van der Waals surface area (Å²) in [5, 5.41) is 10.7. The third kappa shape index (κ3) is 2.13. The van der Waals surface area contributed by atoms with Gasteiger partial charge in [-0.25, -0.2) is 4.79 Å². The summed E-state index contributed by atoms with van der Waals surface area (Å²) in [5.41, 5.74) is 0.994. The summed E-state index contributed by atoms with van der Waals surface area (Å²) < 4.78 is 5.33. The monoisotopic (exact) mass is 227 g/mol. The summed E-state index contributed by atoms with van der Waals surface area (Å²) >= 11 is 1.27. The van der Waals surface area contributed by atoms with Crippen molar-refractivity contribution in [3.05, 3.63) is 16.3 Å². The summed E-state index contributed by atoms with van der Waals surface area (Å²) in [4.78, 5) is 13.3. The largest absolute Gasteiger partial charge is 0.477 e. The predicted octanol–water partition coefficient (Wildman–Crippen LogP) is 1.67. The first-order chi connectivity index (χ1) is 7.18. The second kappa shape index (κ2) is 4.20. The van der Waals surface area contributed by atoms with Crippen LogP contribution in [0.15, 0.2) is 11.4 Å². The van der Waals surface area contributed by atoms with E-state index in [1.165, 1.54) is 11.3 Å². The fraction of sp³-hybridized carbons (Fsp3) is 0.500. The highest BCUT2D eigenvalue weighted by Gasteiger charge is 2.20. The molecule has 1 atom stereocenters. The average molecular weight is 227 g/mol. The lowest BCUT2D eigenvalue weighted by atomic mass is 10.2. The molecule has 2 heterocycles. The number of anilines is 1. The van der Waals surface area contributed by atoms with Crippen molar-refractivity contribution < 1.29 is 14.6 Å². The summed E-state index contributed by atoms with van der Waals surface area (Å²) in [7, 11) is 0. The highest BCUT2D eigenvalue weighted by Crippen LogP contribution is 2.26. The van der Waals surface area contributed by atoms with E-state index in [2.05, 4.69) is 11.8 Å². The highest BCUT2D eigenvalue weighted by molar-refractivity contribution is 7.12.